The van der Waals surface area contributed by atoms with Gasteiger partial charge in [-0.1, -0.05) is 17.7 Å². The van der Waals surface area contributed by atoms with E-state index in [-0.39, 0.29) is 39.6 Å². The van der Waals surface area contributed by atoms with Gasteiger partial charge in [-0.3, -0.25) is 19.3 Å². The SMILES string of the molecule is Cc1nc(C)n(-c2nccc(-c3ncc(C)c(-n4c(C)cc([C@H]5C[C@@H]5c5ccccn5)c(Cl)c4=O)c3F)c2F)n1. The number of rotatable bonds is 5. The minimum Gasteiger partial charge on any atom is -0.277 e. The van der Waals surface area contributed by atoms with Gasteiger partial charge in [0.05, 0.1) is 5.69 Å². The highest BCUT2D eigenvalue weighted by atomic mass is 35.5. The summed E-state index contributed by atoms with van der Waals surface area (Å²) in [5.74, 6) is -0.712. The molecule has 1 fully saturated rings. The lowest BCUT2D eigenvalue weighted by molar-refractivity contribution is 0.588. The van der Waals surface area contributed by atoms with Gasteiger partial charge in [-0.2, -0.15) is 4.68 Å². The first-order chi connectivity index (χ1) is 19.2. The van der Waals surface area contributed by atoms with E-state index in [9.17, 15) is 4.79 Å². The van der Waals surface area contributed by atoms with E-state index in [0.29, 0.717) is 28.5 Å². The maximum absolute atomic E-state index is 16.3. The summed E-state index contributed by atoms with van der Waals surface area (Å²) in [6.07, 6.45) is 5.32. The smallest absolute Gasteiger partial charge is 0.274 e. The minimum absolute atomic E-state index is 0.0283. The molecule has 0 aliphatic heterocycles. The van der Waals surface area contributed by atoms with Crippen molar-refractivity contribution in [2.75, 3.05) is 0 Å². The van der Waals surface area contributed by atoms with Crippen LogP contribution in [0.5, 0.6) is 0 Å². The van der Waals surface area contributed by atoms with Gasteiger partial charge in [-0.25, -0.2) is 18.7 Å². The standard InChI is InChI=1S/C29H24ClF2N7O/c1-14-13-35-26(18-8-10-34-28(24(18)31)39-17(4)36-16(3)37-39)25(32)27(14)38-15(2)11-21(23(30)29(38)40)19-12-20(19)22-7-5-6-9-33-22/h5-11,13,19-20H,12H2,1-4H3/t19-,20-/m0/s1. The van der Waals surface area contributed by atoms with Gasteiger partial charge in [-0.15, -0.1) is 5.10 Å². The third kappa shape index (κ3) is 4.19. The highest BCUT2D eigenvalue weighted by Gasteiger charge is 2.42. The van der Waals surface area contributed by atoms with Crippen molar-refractivity contribution in [2.24, 2.45) is 0 Å². The van der Waals surface area contributed by atoms with E-state index in [4.69, 9.17) is 11.6 Å². The molecule has 5 aromatic heterocycles. The van der Waals surface area contributed by atoms with E-state index in [0.717, 1.165) is 12.1 Å². The molecule has 6 rings (SSSR count). The molecule has 2 atom stereocenters. The summed E-state index contributed by atoms with van der Waals surface area (Å²) >= 11 is 6.62. The molecule has 11 heteroatoms. The Labute approximate surface area is 233 Å². The molecule has 8 nitrogen and oxygen atoms in total. The fourth-order valence-electron chi connectivity index (χ4n) is 5.25. The van der Waals surface area contributed by atoms with Gasteiger partial charge in [0.2, 0.25) is 0 Å². The normalized spacial score (nSPS) is 16.4. The van der Waals surface area contributed by atoms with Crippen LogP contribution in [0.15, 0.2) is 53.7 Å². The lowest BCUT2D eigenvalue weighted by Gasteiger charge is -2.18. The van der Waals surface area contributed by atoms with Crippen LogP contribution < -0.4 is 5.56 Å². The first-order valence-corrected chi connectivity index (χ1v) is 13.1. The van der Waals surface area contributed by atoms with E-state index in [1.807, 2.05) is 24.3 Å². The molecular formula is C29H24ClF2N7O. The Balaban J connectivity index is 1.45. The second kappa shape index (κ2) is 9.71. The first-order valence-electron chi connectivity index (χ1n) is 12.7. The van der Waals surface area contributed by atoms with Gasteiger partial charge in [0.15, 0.2) is 17.5 Å². The van der Waals surface area contributed by atoms with Crippen molar-refractivity contribution in [3.05, 3.63) is 110 Å². The minimum atomic E-state index is -0.852. The van der Waals surface area contributed by atoms with Crippen LogP contribution in [0, 0.1) is 39.3 Å². The Hall–Kier alpha value is -4.31. The van der Waals surface area contributed by atoms with E-state index < -0.39 is 17.2 Å². The Morgan fingerprint density at radius 2 is 1.77 bits per heavy atom. The second-order valence-corrected chi connectivity index (χ2v) is 10.3. The van der Waals surface area contributed by atoms with Crippen molar-refractivity contribution >= 4 is 11.6 Å². The van der Waals surface area contributed by atoms with E-state index >= 15 is 8.78 Å². The lowest BCUT2D eigenvalue weighted by Crippen LogP contribution is -2.24. The average molecular weight is 560 g/mol. The van der Waals surface area contributed by atoms with Crippen LogP contribution in [0.3, 0.4) is 0 Å². The molecule has 0 radical (unpaired) electrons. The van der Waals surface area contributed by atoms with Crippen LogP contribution in [0.1, 0.15) is 52.4 Å². The van der Waals surface area contributed by atoms with Crippen molar-refractivity contribution in [2.45, 2.75) is 46.0 Å². The van der Waals surface area contributed by atoms with Crippen molar-refractivity contribution in [1.82, 2.24) is 34.3 Å². The molecule has 1 aliphatic carbocycles. The van der Waals surface area contributed by atoms with Crippen molar-refractivity contribution in [3.8, 4) is 22.8 Å². The Morgan fingerprint density at radius 1 is 0.975 bits per heavy atom. The maximum atomic E-state index is 16.3. The van der Waals surface area contributed by atoms with E-state index in [2.05, 4.69) is 25.0 Å². The van der Waals surface area contributed by atoms with Gasteiger partial charge in [0, 0.05) is 41.5 Å². The molecule has 0 amide bonds. The fraction of sp³-hybridized carbons (Fsp3) is 0.241. The van der Waals surface area contributed by atoms with E-state index in [1.54, 1.807) is 33.9 Å². The fourth-order valence-corrected chi connectivity index (χ4v) is 5.53. The van der Waals surface area contributed by atoms with Crippen LogP contribution in [-0.4, -0.2) is 34.3 Å². The number of nitrogens with zero attached hydrogens (tertiary/aromatic N) is 7. The Morgan fingerprint density at radius 3 is 2.48 bits per heavy atom. The highest BCUT2D eigenvalue weighted by molar-refractivity contribution is 6.31. The third-order valence-electron chi connectivity index (χ3n) is 7.22. The number of hydrogen-bond acceptors (Lipinski definition) is 6. The second-order valence-electron chi connectivity index (χ2n) is 9.97. The zero-order valence-corrected chi connectivity index (χ0v) is 22.9. The molecule has 202 valence electrons. The van der Waals surface area contributed by atoms with Crippen LogP contribution in [0.4, 0.5) is 8.78 Å². The predicted molar refractivity (Wildman–Crippen MR) is 146 cm³/mol. The summed E-state index contributed by atoms with van der Waals surface area (Å²) < 4.78 is 34.5. The number of pyridine rings is 4. The molecule has 5 heterocycles. The number of aryl methyl sites for hydroxylation is 4. The molecule has 1 saturated carbocycles. The largest absolute Gasteiger partial charge is 0.277 e. The van der Waals surface area contributed by atoms with Crippen LogP contribution in [-0.2, 0) is 0 Å². The molecule has 5 aromatic rings. The first kappa shape index (κ1) is 25.9. The van der Waals surface area contributed by atoms with Crippen LogP contribution >= 0.6 is 11.6 Å². The zero-order chi connectivity index (χ0) is 28.3. The summed E-state index contributed by atoms with van der Waals surface area (Å²) in [4.78, 5) is 30.5. The predicted octanol–water partition coefficient (Wildman–Crippen LogP) is 5.71. The van der Waals surface area contributed by atoms with Gasteiger partial charge in [0.1, 0.15) is 22.4 Å². The average Bonchev–Trinajstić information content (AvgIpc) is 3.66. The van der Waals surface area contributed by atoms with Crippen LogP contribution in [0.2, 0.25) is 5.02 Å². The molecular weight excluding hydrogens is 536 g/mol. The molecule has 1 aliphatic rings. The van der Waals surface area contributed by atoms with Crippen molar-refractivity contribution in [3.63, 3.8) is 0 Å². The lowest BCUT2D eigenvalue weighted by atomic mass is 10.1. The number of hydrogen-bond donors (Lipinski definition) is 0. The number of aromatic nitrogens is 7. The monoisotopic (exact) mass is 559 g/mol. The summed E-state index contributed by atoms with van der Waals surface area (Å²) in [6, 6.07) is 8.89. The quantitative estimate of drug-likeness (QED) is 0.274. The molecule has 0 N–H and O–H groups in total. The Kier molecular flexibility index (Phi) is 6.29. The molecule has 0 saturated heterocycles. The molecule has 0 spiro atoms. The van der Waals surface area contributed by atoms with Gasteiger partial charge in [0.25, 0.3) is 5.56 Å². The Bertz CT molecular complexity index is 1850. The topological polar surface area (TPSA) is 91.4 Å². The zero-order valence-electron chi connectivity index (χ0n) is 22.2. The maximum Gasteiger partial charge on any atom is 0.274 e. The summed E-state index contributed by atoms with van der Waals surface area (Å²) in [7, 11) is 0. The van der Waals surface area contributed by atoms with Gasteiger partial charge < -0.3 is 0 Å². The molecule has 0 aromatic carbocycles. The summed E-state index contributed by atoms with van der Waals surface area (Å²) in [5.41, 5.74) is 1.58. The molecule has 40 heavy (non-hydrogen) atoms. The highest BCUT2D eigenvalue weighted by Crippen LogP contribution is 2.55. The number of halogens is 3. The van der Waals surface area contributed by atoms with Gasteiger partial charge in [-0.05, 0) is 75.4 Å². The van der Waals surface area contributed by atoms with E-state index in [1.165, 1.54) is 27.7 Å². The summed E-state index contributed by atoms with van der Waals surface area (Å²) in [5, 5.41) is 4.22. The van der Waals surface area contributed by atoms with Crippen molar-refractivity contribution in [1.29, 1.82) is 0 Å². The molecule has 0 bridgehead atoms. The van der Waals surface area contributed by atoms with Crippen LogP contribution in [0.25, 0.3) is 22.8 Å². The van der Waals surface area contributed by atoms with Gasteiger partial charge >= 0.3 is 0 Å². The third-order valence-corrected chi connectivity index (χ3v) is 7.60. The molecule has 0 unspecified atom stereocenters. The van der Waals surface area contributed by atoms with Crippen molar-refractivity contribution < 1.29 is 8.78 Å². The summed E-state index contributed by atoms with van der Waals surface area (Å²) in [6.45, 7) is 6.70.